The summed E-state index contributed by atoms with van der Waals surface area (Å²) >= 11 is 11.6. The first kappa shape index (κ1) is 15.0. The Morgan fingerprint density at radius 3 is 2.20 bits per heavy atom. The molecule has 2 aromatic rings. The van der Waals surface area contributed by atoms with Crippen LogP contribution in [-0.2, 0) is 12.7 Å². The van der Waals surface area contributed by atoms with Crippen LogP contribution in [0.15, 0.2) is 42.5 Å². The molecule has 1 nitrogen and oxygen atoms in total. The van der Waals surface area contributed by atoms with Crippen LogP contribution in [-0.4, -0.2) is 0 Å². The van der Waals surface area contributed by atoms with Gasteiger partial charge in [0.1, 0.15) is 0 Å². The molecule has 0 amide bonds. The number of hydrogen-bond acceptors (Lipinski definition) is 1. The third kappa shape index (κ3) is 3.58. The first-order valence-electron chi connectivity index (χ1n) is 5.72. The molecule has 0 saturated heterocycles. The van der Waals surface area contributed by atoms with Gasteiger partial charge < -0.3 is 5.32 Å². The molecule has 0 saturated carbocycles. The van der Waals surface area contributed by atoms with E-state index in [9.17, 15) is 13.2 Å². The zero-order valence-corrected chi connectivity index (χ0v) is 11.7. The lowest BCUT2D eigenvalue weighted by molar-refractivity contribution is -0.136. The molecule has 20 heavy (non-hydrogen) atoms. The van der Waals surface area contributed by atoms with Crippen molar-refractivity contribution in [3.63, 3.8) is 0 Å². The fourth-order valence-electron chi connectivity index (χ4n) is 1.73. The van der Waals surface area contributed by atoms with Crippen molar-refractivity contribution in [3.05, 3.63) is 63.6 Å². The lowest BCUT2D eigenvalue weighted by atomic mass is 10.1. The summed E-state index contributed by atoms with van der Waals surface area (Å²) in [5.41, 5.74) is -0.0852. The molecule has 0 bridgehead atoms. The van der Waals surface area contributed by atoms with Gasteiger partial charge in [0, 0.05) is 11.6 Å². The number of alkyl halides is 3. The van der Waals surface area contributed by atoms with Crippen molar-refractivity contribution in [1.82, 2.24) is 0 Å². The Labute approximate surface area is 124 Å². The molecule has 0 aliphatic heterocycles. The zero-order chi connectivity index (χ0) is 14.8. The Morgan fingerprint density at radius 1 is 0.950 bits per heavy atom. The minimum Gasteiger partial charge on any atom is -0.379 e. The van der Waals surface area contributed by atoms with E-state index in [1.807, 2.05) is 0 Å². The van der Waals surface area contributed by atoms with E-state index < -0.39 is 11.7 Å². The molecular weight excluding hydrogens is 310 g/mol. The predicted molar refractivity (Wildman–Crippen MR) is 75.2 cm³/mol. The molecule has 106 valence electrons. The molecule has 0 atom stereocenters. The second-order valence-corrected chi connectivity index (χ2v) is 4.98. The molecule has 6 heteroatoms. The molecule has 0 aliphatic carbocycles. The van der Waals surface area contributed by atoms with Gasteiger partial charge in [-0.2, -0.15) is 13.2 Å². The Bertz CT molecular complexity index is 594. The second kappa shape index (κ2) is 5.94. The Hall–Kier alpha value is -1.39. The van der Waals surface area contributed by atoms with E-state index in [0.717, 1.165) is 11.6 Å². The van der Waals surface area contributed by atoms with Crippen LogP contribution in [0, 0.1) is 0 Å². The standard InChI is InChI=1S/C14H10Cl2F3N/c15-10-6-4-9(5-7-10)8-20-13-11(14(17,18)19)2-1-3-12(13)16/h1-7,20H,8H2. The predicted octanol–water partition coefficient (Wildman–Crippen LogP) is 5.62. The van der Waals surface area contributed by atoms with Crippen molar-refractivity contribution in [3.8, 4) is 0 Å². The Morgan fingerprint density at radius 2 is 1.60 bits per heavy atom. The van der Waals surface area contributed by atoms with Crippen molar-refractivity contribution in [1.29, 1.82) is 0 Å². The molecule has 2 rings (SSSR count). The van der Waals surface area contributed by atoms with Crippen LogP contribution in [0.1, 0.15) is 11.1 Å². The third-order valence-corrected chi connectivity index (χ3v) is 3.27. The van der Waals surface area contributed by atoms with Gasteiger partial charge in [-0.25, -0.2) is 0 Å². The van der Waals surface area contributed by atoms with Crippen LogP contribution in [0.25, 0.3) is 0 Å². The summed E-state index contributed by atoms with van der Waals surface area (Å²) in [4.78, 5) is 0. The zero-order valence-electron chi connectivity index (χ0n) is 10.1. The normalized spacial score (nSPS) is 11.4. The van der Waals surface area contributed by atoms with Crippen LogP contribution in [0.5, 0.6) is 0 Å². The van der Waals surface area contributed by atoms with Crippen LogP contribution in [0.2, 0.25) is 10.0 Å². The van der Waals surface area contributed by atoms with Crippen LogP contribution < -0.4 is 5.32 Å². The van der Waals surface area contributed by atoms with E-state index in [4.69, 9.17) is 23.2 Å². The summed E-state index contributed by atoms with van der Waals surface area (Å²) in [7, 11) is 0. The van der Waals surface area contributed by atoms with Crippen molar-refractivity contribution < 1.29 is 13.2 Å². The van der Waals surface area contributed by atoms with E-state index in [1.165, 1.54) is 12.1 Å². The molecule has 0 radical (unpaired) electrons. The molecule has 0 unspecified atom stereocenters. The van der Waals surface area contributed by atoms with E-state index in [-0.39, 0.29) is 17.3 Å². The fourth-order valence-corrected chi connectivity index (χ4v) is 2.10. The average molecular weight is 320 g/mol. The summed E-state index contributed by atoms with van der Waals surface area (Å²) in [6.07, 6.45) is -4.45. The summed E-state index contributed by atoms with van der Waals surface area (Å²) < 4.78 is 38.7. The van der Waals surface area contributed by atoms with E-state index in [0.29, 0.717) is 5.02 Å². The van der Waals surface area contributed by atoms with Gasteiger partial charge in [0.05, 0.1) is 16.3 Å². The maximum atomic E-state index is 12.9. The number of rotatable bonds is 3. The van der Waals surface area contributed by atoms with Gasteiger partial charge in [0.25, 0.3) is 0 Å². The summed E-state index contributed by atoms with van der Waals surface area (Å²) in [6.45, 7) is 0.226. The number of hydrogen-bond donors (Lipinski definition) is 1. The number of nitrogens with one attached hydrogen (secondary N) is 1. The average Bonchev–Trinajstić information content (AvgIpc) is 2.38. The van der Waals surface area contributed by atoms with E-state index >= 15 is 0 Å². The van der Waals surface area contributed by atoms with Crippen molar-refractivity contribution in [2.75, 3.05) is 5.32 Å². The lowest BCUT2D eigenvalue weighted by Gasteiger charge is -2.16. The summed E-state index contributed by atoms with van der Waals surface area (Å²) in [6, 6.07) is 10.5. The van der Waals surface area contributed by atoms with Crippen LogP contribution >= 0.6 is 23.2 Å². The SMILES string of the molecule is FC(F)(F)c1cccc(Cl)c1NCc1ccc(Cl)cc1. The third-order valence-electron chi connectivity index (χ3n) is 2.70. The first-order chi connectivity index (χ1) is 9.38. The fraction of sp³-hybridized carbons (Fsp3) is 0.143. The van der Waals surface area contributed by atoms with Gasteiger partial charge in [-0.3, -0.25) is 0 Å². The minimum absolute atomic E-state index is 0.0359. The largest absolute Gasteiger partial charge is 0.418 e. The number of halogens is 5. The topological polar surface area (TPSA) is 12.0 Å². The van der Waals surface area contributed by atoms with Crippen molar-refractivity contribution in [2.24, 2.45) is 0 Å². The van der Waals surface area contributed by atoms with E-state index in [2.05, 4.69) is 5.32 Å². The van der Waals surface area contributed by atoms with E-state index in [1.54, 1.807) is 24.3 Å². The van der Waals surface area contributed by atoms with Gasteiger partial charge in [-0.15, -0.1) is 0 Å². The Kier molecular flexibility index (Phi) is 4.45. The Balaban J connectivity index is 2.23. The van der Waals surface area contributed by atoms with Crippen LogP contribution in [0.3, 0.4) is 0 Å². The van der Waals surface area contributed by atoms with Gasteiger partial charge >= 0.3 is 6.18 Å². The first-order valence-corrected chi connectivity index (χ1v) is 6.47. The highest BCUT2D eigenvalue weighted by Gasteiger charge is 2.34. The smallest absolute Gasteiger partial charge is 0.379 e. The maximum absolute atomic E-state index is 12.9. The highest BCUT2D eigenvalue weighted by Crippen LogP contribution is 2.38. The van der Waals surface area contributed by atoms with Gasteiger partial charge in [-0.05, 0) is 29.8 Å². The summed E-state index contributed by atoms with van der Waals surface area (Å²) in [5, 5.41) is 3.34. The van der Waals surface area contributed by atoms with Crippen molar-refractivity contribution in [2.45, 2.75) is 12.7 Å². The quantitative estimate of drug-likeness (QED) is 0.773. The monoisotopic (exact) mass is 319 g/mol. The summed E-state index contributed by atoms with van der Waals surface area (Å²) in [5.74, 6) is 0. The minimum atomic E-state index is -4.45. The molecule has 2 aromatic carbocycles. The molecule has 0 aliphatic rings. The molecule has 0 fully saturated rings. The van der Waals surface area contributed by atoms with Crippen molar-refractivity contribution >= 4 is 28.9 Å². The highest BCUT2D eigenvalue weighted by molar-refractivity contribution is 6.33. The van der Waals surface area contributed by atoms with Crippen LogP contribution in [0.4, 0.5) is 18.9 Å². The van der Waals surface area contributed by atoms with Gasteiger partial charge in [-0.1, -0.05) is 41.4 Å². The van der Waals surface area contributed by atoms with Gasteiger partial charge in [0.15, 0.2) is 0 Å². The molecule has 0 aromatic heterocycles. The molecule has 0 spiro atoms. The number of para-hydroxylation sites is 1. The maximum Gasteiger partial charge on any atom is 0.418 e. The second-order valence-electron chi connectivity index (χ2n) is 4.14. The number of benzene rings is 2. The number of anilines is 1. The molecule has 0 heterocycles. The molecule has 1 N–H and O–H groups in total. The lowest BCUT2D eigenvalue weighted by Crippen LogP contribution is -2.11. The van der Waals surface area contributed by atoms with Gasteiger partial charge in [0.2, 0.25) is 0 Å². The highest BCUT2D eigenvalue weighted by atomic mass is 35.5. The molecular formula is C14H10Cl2F3N.